The van der Waals surface area contributed by atoms with Crippen molar-refractivity contribution in [2.75, 3.05) is 0 Å². The van der Waals surface area contributed by atoms with Gasteiger partial charge in [0.15, 0.2) is 5.69 Å². The zero-order valence-electron chi connectivity index (χ0n) is 5.14. The minimum absolute atomic E-state index is 0.244. The maximum atomic E-state index is 4.98. The van der Waals surface area contributed by atoms with E-state index in [4.69, 9.17) is 4.42 Å². The highest BCUT2D eigenvalue weighted by Gasteiger charge is 2.05. The van der Waals surface area contributed by atoms with Crippen LogP contribution in [0.1, 0.15) is 0 Å². The number of aromatic nitrogens is 4. The maximum absolute atomic E-state index is 4.98. The van der Waals surface area contributed by atoms with Crippen LogP contribution in [0.25, 0.3) is 11.6 Å². The molecule has 11 heavy (non-hydrogen) atoms. The van der Waals surface area contributed by atoms with Crippen molar-refractivity contribution in [2.24, 2.45) is 0 Å². The summed E-state index contributed by atoms with van der Waals surface area (Å²) in [6.45, 7) is 0. The van der Waals surface area contributed by atoms with Crippen LogP contribution >= 0.6 is 23.8 Å². The maximum Gasteiger partial charge on any atom is 0.284 e. The lowest BCUT2D eigenvalue weighted by Gasteiger charge is -1.78. The van der Waals surface area contributed by atoms with Gasteiger partial charge in [-0.1, -0.05) is 4.49 Å². The third kappa shape index (κ3) is 1.19. The Balaban J connectivity index is 2.53. The average molecular weight is 186 g/mol. The highest BCUT2D eigenvalue weighted by Crippen LogP contribution is 2.13. The summed E-state index contributed by atoms with van der Waals surface area (Å²) in [6, 6.07) is 0. The number of nitrogens with one attached hydrogen (secondary N) is 1. The SMILES string of the molecule is S=c1[nH]nc(-c2csnn2)o1. The van der Waals surface area contributed by atoms with E-state index in [9.17, 15) is 0 Å². The summed E-state index contributed by atoms with van der Waals surface area (Å²) in [4.78, 5) is 0.244. The van der Waals surface area contributed by atoms with E-state index in [0.29, 0.717) is 11.6 Å². The number of hydrogen-bond donors (Lipinski definition) is 1. The van der Waals surface area contributed by atoms with Crippen molar-refractivity contribution in [1.29, 1.82) is 0 Å². The van der Waals surface area contributed by atoms with Gasteiger partial charge in [-0.3, -0.25) is 0 Å². The molecule has 5 nitrogen and oxygen atoms in total. The van der Waals surface area contributed by atoms with E-state index >= 15 is 0 Å². The third-order valence-electron chi connectivity index (χ3n) is 1.02. The predicted molar refractivity (Wildman–Crippen MR) is 40.6 cm³/mol. The normalized spacial score (nSPS) is 10.2. The second-order valence-corrected chi connectivity index (χ2v) is 2.69. The molecule has 2 aromatic rings. The average Bonchev–Trinajstić information content (AvgIpc) is 2.55. The Morgan fingerprint density at radius 1 is 1.64 bits per heavy atom. The summed E-state index contributed by atoms with van der Waals surface area (Å²) in [5.74, 6) is 0.378. The minimum Gasteiger partial charge on any atom is -0.408 e. The highest BCUT2D eigenvalue weighted by molar-refractivity contribution is 7.71. The van der Waals surface area contributed by atoms with Crippen molar-refractivity contribution >= 4 is 23.8 Å². The number of aromatic amines is 1. The molecule has 0 spiro atoms. The van der Waals surface area contributed by atoms with Crippen LogP contribution < -0.4 is 0 Å². The molecular formula is C4H2N4OS2. The first-order valence-corrected chi connectivity index (χ1v) is 3.93. The second-order valence-electron chi connectivity index (χ2n) is 1.71. The fourth-order valence-electron chi connectivity index (χ4n) is 0.597. The van der Waals surface area contributed by atoms with E-state index in [0.717, 1.165) is 0 Å². The topological polar surface area (TPSA) is 67.6 Å². The fraction of sp³-hybridized carbons (Fsp3) is 0. The Labute approximate surface area is 70.2 Å². The van der Waals surface area contributed by atoms with Crippen LogP contribution in [0.2, 0.25) is 0 Å². The molecule has 0 saturated heterocycles. The molecule has 0 radical (unpaired) electrons. The zero-order valence-corrected chi connectivity index (χ0v) is 6.78. The molecular weight excluding hydrogens is 184 g/mol. The van der Waals surface area contributed by atoms with Gasteiger partial charge in [-0.2, -0.15) is 0 Å². The van der Waals surface area contributed by atoms with Crippen molar-refractivity contribution in [1.82, 2.24) is 19.8 Å². The molecule has 0 unspecified atom stereocenters. The lowest BCUT2D eigenvalue weighted by molar-refractivity contribution is 0.549. The van der Waals surface area contributed by atoms with Gasteiger partial charge in [-0.15, -0.1) is 10.2 Å². The second kappa shape index (κ2) is 2.51. The van der Waals surface area contributed by atoms with E-state index in [1.54, 1.807) is 5.38 Å². The summed E-state index contributed by atoms with van der Waals surface area (Å²) in [5, 5.41) is 11.7. The molecule has 7 heteroatoms. The largest absolute Gasteiger partial charge is 0.408 e. The Kier molecular flexibility index (Phi) is 1.51. The van der Waals surface area contributed by atoms with Crippen LogP contribution in [-0.2, 0) is 0 Å². The first-order chi connectivity index (χ1) is 5.36. The van der Waals surface area contributed by atoms with Crippen LogP contribution in [0, 0.1) is 4.84 Å². The van der Waals surface area contributed by atoms with Gasteiger partial charge >= 0.3 is 0 Å². The van der Waals surface area contributed by atoms with Crippen molar-refractivity contribution in [3.05, 3.63) is 10.2 Å². The Morgan fingerprint density at radius 2 is 2.55 bits per heavy atom. The van der Waals surface area contributed by atoms with Gasteiger partial charge in [-0.25, -0.2) is 5.10 Å². The lowest BCUT2D eigenvalue weighted by atomic mass is 10.5. The zero-order chi connectivity index (χ0) is 7.68. The van der Waals surface area contributed by atoms with Gasteiger partial charge in [0.1, 0.15) is 0 Å². The van der Waals surface area contributed by atoms with E-state index in [-0.39, 0.29) is 4.84 Å². The van der Waals surface area contributed by atoms with Gasteiger partial charge in [0.2, 0.25) is 0 Å². The predicted octanol–water partition coefficient (Wildman–Crippen LogP) is 1.25. The van der Waals surface area contributed by atoms with Gasteiger partial charge in [0.05, 0.1) is 0 Å². The molecule has 2 rings (SSSR count). The lowest BCUT2D eigenvalue weighted by Crippen LogP contribution is -1.76. The smallest absolute Gasteiger partial charge is 0.284 e. The molecule has 0 atom stereocenters. The summed E-state index contributed by atoms with van der Waals surface area (Å²) < 4.78 is 8.63. The molecule has 0 aliphatic carbocycles. The fourth-order valence-corrected chi connectivity index (χ4v) is 1.15. The third-order valence-corrected chi connectivity index (χ3v) is 1.70. The van der Waals surface area contributed by atoms with Crippen LogP contribution in [0.4, 0.5) is 0 Å². The summed E-state index contributed by atoms with van der Waals surface area (Å²) in [5.41, 5.74) is 0.599. The van der Waals surface area contributed by atoms with Gasteiger partial charge < -0.3 is 4.42 Å². The highest BCUT2D eigenvalue weighted by atomic mass is 32.1. The van der Waals surface area contributed by atoms with Crippen molar-refractivity contribution in [3.8, 4) is 11.6 Å². The van der Waals surface area contributed by atoms with Crippen molar-refractivity contribution in [2.45, 2.75) is 0 Å². The number of rotatable bonds is 1. The standard InChI is InChI=1S/C4H2N4OS2/c10-4-7-6-3(9-4)2-1-11-8-5-2/h1H,(H,7,10). The number of hydrogen-bond acceptors (Lipinski definition) is 6. The van der Waals surface area contributed by atoms with Gasteiger partial charge in [0, 0.05) is 5.38 Å². The van der Waals surface area contributed by atoms with Crippen molar-refractivity contribution < 1.29 is 4.42 Å². The molecule has 0 aliphatic heterocycles. The molecule has 0 aromatic carbocycles. The minimum atomic E-state index is 0.244. The molecule has 2 aromatic heterocycles. The molecule has 2 heterocycles. The quantitative estimate of drug-likeness (QED) is 0.679. The van der Waals surface area contributed by atoms with Crippen LogP contribution in [0.5, 0.6) is 0 Å². The molecule has 0 saturated carbocycles. The van der Waals surface area contributed by atoms with Crippen LogP contribution in [-0.4, -0.2) is 19.8 Å². The van der Waals surface area contributed by atoms with E-state index < -0.39 is 0 Å². The van der Waals surface area contributed by atoms with Crippen LogP contribution in [0.15, 0.2) is 9.80 Å². The van der Waals surface area contributed by atoms with Gasteiger partial charge in [-0.05, 0) is 23.8 Å². The summed E-state index contributed by atoms with van der Waals surface area (Å²) in [6.07, 6.45) is 0. The van der Waals surface area contributed by atoms with E-state index in [2.05, 4.69) is 32.0 Å². The first kappa shape index (κ1) is 6.62. The number of H-pyrrole nitrogens is 1. The first-order valence-electron chi connectivity index (χ1n) is 2.69. The van der Waals surface area contributed by atoms with Gasteiger partial charge in [0.25, 0.3) is 10.7 Å². The van der Waals surface area contributed by atoms with Crippen LogP contribution in [0.3, 0.4) is 0 Å². The molecule has 1 N–H and O–H groups in total. The summed E-state index contributed by atoms with van der Waals surface area (Å²) >= 11 is 5.91. The van der Waals surface area contributed by atoms with E-state index in [1.165, 1.54) is 11.5 Å². The monoisotopic (exact) mass is 186 g/mol. The molecule has 0 amide bonds. The molecule has 56 valence electrons. The summed E-state index contributed by atoms with van der Waals surface area (Å²) in [7, 11) is 0. The Morgan fingerprint density at radius 3 is 3.09 bits per heavy atom. The van der Waals surface area contributed by atoms with Crippen molar-refractivity contribution in [3.63, 3.8) is 0 Å². The molecule has 0 fully saturated rings. The number of nitrogens with zero attached hydrogens (tertiary/aromatic N) is 3. The Hall–Kier alpha value is -1.08. The Bertz CT molecular complexity index is 388. The van der Waals surface area contributed by atoms with E-state index in [1.807, 2.05) is 0 Å². The molecule has 0 aliphatic rings. The molecule has 0 bridgehead atoms.